The van der Waals surface area contributed by atoms with Crippen molar-refractivity contribution >= 4 is 23.2 Å². The van der Waals surface area contributed by atoms with Crippen molar-refractivity contribution in [3.05, 3.63) is 59.1 Å². The molecule has 6 nitrogen and oxygen atoms in total. The van der Waals surface area contributed by atoms with E-state index in [0.717, 1.165) is 5.56 Å². The largest absolute Gasteiger partial charge is 0.489 e. The summed E-state index contributed by atoms with van der Waals surface area (Å²) in [5.74, 6) is 0.491. The van der Waals surface area contributed by atoms with Crippen LogP contribution in [0.5, 0.6) is 5.75 Å². The Morgan fingerprint density at radius 3 is 2.22 bits per heavy atom. The van der Waals surface area contributed by atoms with Crippen LogP contribution in [0.1, 0.15) is 12.5 Å². The summed E-state index contributed by atoms with van der Waals surface area (Å²) in [6.45, 7) is 2.68. The second-order valence-electron chi connectivity index (χ2n) is 6.09. The van der Waals surface area contributed by atoms with Crippen LogP contribution in [-0.4, -0.2) is 53.4 Å². The first-order chi connectivity index (χ1) is 13.0. The first-order valence-corrected chi connectivity index (χ1v) is 9.15. The molecule has 2 aromatic rings. The number of anilines is 1. The van der Waals surface area contributed by atoms with Crippen LogP contribution in [0, 0.1) is 0 Å². The fourth-order valence-electron chi connectivity index (χ4n) is 2.55. The highest BCUT2D eigenvalue weighted by Crippen LogP contribution is 2.18. The highest BCUT2D eigenvalue weighted by atomic mass is 35.5. The van der Waals surface area contributed by atoms with Gasteiger partial charge in [0, 0.05) is 23.8 Å². The normalized spacial score (nSPS) is 12.0. The Morgan fingerprint density at radius 1 is 1.07 bits per heavy atom. The molecule has 1 atom stereocenters. The third kappa shape index (κ3) is 6.84. The molecule has 0 saturated heterocycles. The molecule has 0 radical (unpaired) electrons. The molecule has 0 spiro atoms. The highest BCUT2D eigenvalue weighted by molar-refractivity contribution is 6.30. The van der Waals surface area contributed by atoms with Gasteiger partial charge in [-0.3, -0.25) is 9.69 Å². The number of carbonyl (C=O) groups excluding carboxylic acids is 1. The number of hydrogen-bond acceptors (Lipinski definition) is 5. The molecule has 0 heterocycles. The van der Waals surface area contributed by atoms with Crippen LogP contribution in [0.3, 0.4) is 0 Å². The van der Waals surface area contributed by atoms with Gasteiger partial charge < -0.3 is 20.3 Å². The van der Waals surface area contributed by atoms with E-state index < -0.39 is 6.04 Å². The standard InChI is InChI=1S/C20H25ClN2O4/c1-15(23(10-12-24)11-13-25)20(26)22-18-6-8-19(9-7-18)27-14-16-2-4-17(21)5-3-16/h2-9,15,24-25H,10-14H2,1H3,(H,22,26). The topological polar surface area (TPSA) is 82.0 Å². The number of nitrogens with zero attached hydrogens (tertiary/aromatic N) is 1. The van der Waals surface area contributed by atoms with E-state index in [9.17, 15) is 4.79 Å². The lowest BCUT2D eigenvalue weighted by atomic mass is 10.2. The number of nitrogens with one attached hydrogen (secondary N) is 1. The molecule has 0 aliphatic rings. The third-order valence-electron chi connectivity index (χ3n) is 4.14. The summed E-state index contributed by atoms with van der Waals surface area (Å²) in [6.07, 6.45) is 0. The van der Waals surface area contributed by atoms with Gasteiger partial charge >= 0.3 is 0 Å². The zero-order valence-corrected chi connectivity index (χ0v) is 16.0. The zero-order valence-electron chi connectivity index (χ0n) is 15.3. The maximum absolute atomic E-state index is 12.4. The SMILES string of the molecule is CC(C(=O)Nc1ccc(OCc2ccc(Cl)cc2)cc1)N(CCO)CCO. The fraction of sp³-hybridized carbons (Fsp3) is 0.350. The van der Waals surface area contributed by atoms with Crippen molar-refractivity contribution in [2.45, 2.75) is 19.6 Å². The van der Waals surface area contributed by atoms with Gasteiger partial charge in [0.2, 0.25) is 5.91 Å². The third-order valence-corrected chi connectivity index (χ3v) is 4.39. The summed E-state index contributed by atoms with van der Waals surface area (Å²) in [7, 11) is 0. The predicted octanol–water partition coefficient (Wildman–Crippen LogP) is 2.53. The average Bonchev–Trinajstić information content (AvgIpc) is 2.68. The van der Waals surface area contributed by atoms with Crippen LogP contribution >= 0.6 is 11.6 Å². The minimum absolute atomic E-state index is 0.0721. The average molecular weight is 393 g/mol. The quantitative estimate of drug-likeness (QED) is 0.578. The van der Waals surface area contributed by atoms with E-state index in [1.165, 1.54) is 0 Å². The van der Waals surface area contributed by atoms with Crippen molar-refractivity contribution in [2.24, 2.45) is 0 Å². The summed E-state index contributed by atoms with van der Waals surface area (Å²) in [5, 5.41) is 21.7. The van der Waals surface area contributed by atoms with E-state index in [2.05, 4.69) is 5.32 Å². The molecule has 27 heavy (non-hydrogen) atoms. The number of ether oxygens (including phenoxy) is 1. The molecule has 0 saturated carbocycles. The Hall–Kier alpha value is -2.12. The molecular weight excluding hydrogens is 368 g/mol. The van der Waals surface area contributed by atoms with Gasteiger partial charge in [0.05, 0.1) is 19.3 Å². The minimum Gasteiger partial charge on any atom is -0.489 e. The van der Waals surface area contributed by atoms with Gasteiger partial charge in [-0.2, -0.15) is 0 Å². The maximum Gasteiger partial charge on any atom is 0.241 e. The number of benzene rings is 2. The molecule has 1 unspecified atom stereocenters. The van der Waals surface area contributed by atoms with E-state index >= 15 is 0 Å². The molecule has 0 aromatic heterocycles. The van der Waals surface area contributed by atoms with E-state index in [4.69, 9.17) is 26.6 Å². The Bertz CT molecular complexity index is 701. The van der Waals surface area contributed by atoms with Crippen molar-refractivity contribution < 1.29 is 19.7 Å². The molecule has 0 fully saturated rings. The van der Waals surface area contributed by atoms with E-state index in [1.807, 2.05) is 24.3 Å². The number of aliphatic hydroxyl groups excluding tert-OH is 2. The van der Waals surface area contributed by atoms with Crippen LogP contribution < -0.4 is 10.1 Å². The molecule has 2 rings (SSSR count). The molecule has 2 aromatic carbocycles. The van der Waals surface area contributed by atoms with Gasteiger partial charge in [0.15, 0.2) is 0 Å². The Balaban J connectivity index is 1.88. The summed E-state index contributed by atoms with van der Waals surface area (Å²) < 4.78 is 5.72. The first-order valence-electron chi connectivity index (χ1n) is 8.77. The molecule has 3 N–H and O–H groups in total. The summed E-state index contributed by atoms with van der Waals surface area (Å²) in [6, 6.07) is 14.1. The monoisotopic (exact) mass is 392 g/mol. The van der Waals surface area contributed by atoms with Crippen molar-refractivity contribution in [1.82, 2.24) is 4.90 Å². The summed E-state index contributed by atoms with van der Waals surface area (Å²) >= 11 is 5.86. The Labute approximate surface area is 164 Å². The second kappa shape index (κ2) is 10.9. The number of aliphatic hydroxyl groups is 2. The zero-order chi connectivity index (χ0) is 19.6. The van der Waals surface area contributed by atoms with Crippen molar-refractivity contribution in [1.29, 1.82) is 0 Å². The van der Waals surface area contributed by atoms with E-state index in [0.29, 0.717) is 36.2 Å². The van der Waals surface area contributed by atoms with Crippen LogP contribution in [0.2, 0.25) is 5.02 Å². The second-order valence-corrected chi connectivity index (χ2v) is 6.52. The Kier molecular flexibility index (Phi) is 8.54. The predicted molar refractivity (Wildman–Crippen MR) is 106 cm³/mol. The van der Waals surface area contributed by atoms with Crippen LogP contribution in [0.15, 0.2) is 48.5 Å². The van der Waals surface area contributed by atoms with Crippen LogP contribution in [0.25, 0.3) is 0 Å². The van der Waals surface area contributed by atoms with Gasteiger partial charge in [-0.25, -0.2) is 0 Å². The molecule has 7 heteroatoms. The molecule has 1 amide bonds. The van der Waals surface area contributed by atoms with Crippen molar-refractivity contribution in [3.63, 3.8) is 0 Å². The first kappa shape index (κ1) is 21.2. The van der Waals surface area contributed by atoms with Crippen molar-refractivity contribution in [2.75, 3.05) is 31.6 Å². The van der Waals surface area contributed by atoms with Gasteiger partial charge in [-0.15, -0.1) is 0 Å². The lowest BCUT2D eigenvalue weighted by Gasteiger charge is -2.26. The molecule has 0 aliphatic heterocycles. The van der Waals surface area contributed by atoms with E-state index in [1.54, 1.807) is 36.1 Å². The lowest BCUT2D eigenvalue weighted by molar-refractivity contribution is -0.121. The summed E-state index contributed by atoms with van der Waals surface area (Å²) in [5.41, 5.74) is 1.66. The molecular formula is C20H25ClN2O4. The van der Waals surface area contributed by atoms with Crippen LogP contribution in [-0.2, 0) is 11.4 Å². The van der Waals surface area contributed by atoms with E-state index in [-0.39, 0.29) is 19.1 Å². The molecule has 0 bridgehead atoms. The number of halogens is 1. The highest BCUT2D eigenvalue weighted by Gasteiger charge is 2.20. The lowest BCUT2D eigenvalue weighted by Crippen LogP contribution is -2.44. The smallest absolute Gasteiger partial charge is 0.241 e. The number of amides is 1. The van der Waals surface area contributed by atoms with Crippen LogP contribution in [0.4, 0.5) is 5.69 Å². The molecule has 0 aliphatic carbocycles. The van der Waals surface area contributed by atoms with Gasteiger partial charge in [0.25, 0.3) is 0 Å². The van der Waals surface area contributed by atoms with Gasteiger partial charge in [-0.1, -0.05) is 23.7 Å². The van der Waals surface area contributed by atoms with Crippen molar-refractivity contribution in [3.8, 4) is 5.75 Å². The number of carbonyl (C=O) groups is 1. The Morgan fingerprint density at radius 2 is 1.67 bits per heavy atom. The van der Waals surface area contributed by atoms with Gasteiger partial charge in [-0.05, 0) is 48.9 Å². The minimum atomic E-state index is -0.467. The van der Waals surface area contributed by atoms with Gasteiger partial charge in [0.1, 0.15) is 12.4 Å². The fourth-order valence-corrected chi connectivity index (χ4v) is 2.68. The summed E-state index contributed by atoms with van der Waals surface area (Å²) in [4.78, 5) is 14.1. The number of hydrogen-bond donors (Lipinski definition) is 3. The molecule has 146 valence electrons. The maximum atomic E-state index is 12.4. The number of rotatable bonds is 10.